The first-order valence-electron chi connectivity index (χ1n) is 5.53. The zero-order valence-corrected chi connectivity index (χ0v) is 11.2. The summed E-state index contributed by atoms with van der Waals surface area (Å²) in [6.45, 7) is -1.38. The second-order valence-corrected chi connectivity index (χ2v) is 4.75. The van der Waals surface area contributed by atoms with Gasteiger partial charge in [-0.05, 0) is 11.4 Å². The molecule has 0 bridgehead atoms. The lowest BCUT2D eigenvalue weighted by atomic mass is 10.2. The minimum absolute atomic E-state index is 0.311. The van der Waals surface area contributed by atoms with Gasteiger partial charge in [0.05, 0.1) is 5.69 Å². The molecule has 5 nitrogen and oxygen atoms in total. The lowest BCUT2D eigenvalue weighted by Gasteiger charge is -2.09. The Labute approximate surface area is 116 Å². The first kappa shape index (κ1) is 14.4. The van der Waals surface area contributed by atoms with E-state index < -0.39 is 18.8 Å². The van der Waals surface area contributed by atoms with Crippen LogP contribution in [0.25, 0.3) is 11.3 Å². The Balaban J connectivity index is 2.01. The van der Waals surface area contributed by atoms with E-state index in [1.165, 1.54) is 16.0 Å². The van der Waals surface area contributed by atoms with Gasteiger partial charge >= 0.3 is 12.2 Å². The Bertz CT molecular complexity index is 591. The second kappa shape index (κ2) is 5.53. The van der Waals surface area contributed by atoms with Crippen molar-refractivity contribution in [3.05, 3.63) is 22.9 Å². The molecule has 0 aliphatic rings. The van der Waals surface area contributed by atoms with Crippen LogP contribution in [0.2, 0.25) is 0 Å². The molecule has 2 N–H and O–H groups in total. The molecule has 0 saturated carbocycles. The topological polar surface area (TPSA) is 59.0 Å². The molecule has 0 aliphatic carbocycles. The van der Waals surface area contributed by atoms with Crippen LogP contribution in [0.5, 0.6) is 0 Å². The molecule has 2 amide bonds. The van der Waals surface area contributed by atoms with Crippen LogP contribution in [0.4, 0.5) is 23.8 Å². The molecule has 108 valence electrons. The smallest absolute Gasteiger partial charge is 0.329 e. The number of halogens is 3. The maximum Gasteiger partial charge on any atom is 0.405 e. The summed E-state index contributed by atoms with van der Waals surface area (Å²) >= 11 is 1.50. The van der Waals surface area contributed by atoms with Crippen molar-refractivity contribution in [2.24, 2.45) is 7.05 Å². The Morgan fingerprint density at radius 3 is 2.85 bits per heavy atom. The van der Waals surface area contributed by atoms with E-state index in [0.717, 1.165) is 5.56 Å². The maximum atomic E-state index is 12.0. The van der Waals surface area contributed by atoms with E-state index in [1.54, 1.807) is 18.4 Å². The van der Waals surface area contributed by atoms with Crippen molar-refractivity contribution in [1.29, 1.82) is 0 Å². The van der Waals surface area contributed by atoms with E-state index in [2.05, 4.69) is 10.4 Å². The molecule has 0 atom stereocenters. The number of aryl methyl sites for hydroxylation is 1. The number of hydrogen-bond donors (Lipinski definition) is 2. The van der Waals surface area contributed by atoms with E-state index in [9.17, 15) is 18.0 Å². The van der Waals surface area contributed by atoms with Gasteiger partial charge in [-0.3, -0.25) is 10.00 Å². The van der Waals surface area contributed by atoms with Crippen LogP contribution < -0.4 is 10.6 Å². The Morgan fingerprint density at radius 2 is 2.25 bits per heavy atom. The van der Waals surface area contributed by atoms with Crippen molar-refractivity contribution in [2.75, 3.05) is 11.9 Å². The molecule has 2 rings (SSSR count). The minimum Gasteiger partial charge on any atom is -0.329 e. The summed E-state index contributed by atoms with van der Waals surface area (Å²) < 4.78 is 37.3. The van der Waals surface area contributed by atoms with Gasteiger partial charge in [0, 0.05) is 24.1 Å². The van der Waals surface area contributed by atoms with Crippen molar-refractivity contribution < 1.29 is 18.0 Å². The lowest BCUT2D eigenvalue weighted by Crippen LogP contribution is -2.37. The SMILES string of the molecule is Cn1nc(-c2ccsc2)cc1NC(=O)NCC(F)(F)F. The van der Waals surface area contributed by atoms with Gasteiger partial charge in [0.15, 0.2) is 0 Å². The molecule has 0 aromatic carbocycles. The van der Waals surface area contributed by atoms with E-state index >= 15 is 0 Å². The van der Waals surface area contributed by atoms with Crippen molar-refractivity contribution in [3.8, 4) is 11.3 Å². The Kier molecular flexibility index (Phi) is 3.98. The van der Waals surface area contributed by atoms with E-state index in [-0.39, 0.29) is 0 Å². The van der Waals surface area contributed by atoms with Gasteiger partial charge < -0.3 is 5.32 Å². The average molecular weight is 304 g/mol. The number of nitrogens with zero attached hydrogens (tertiary/aromatic N) is 2. The molecule has 0 fully saturated rings. The highest BCUT2D eigenvalue weighted by atomic mass is 32.1. The van der Waals surface area contributed by atoms with Crippen LogP contribution in [-0.2, 0) is 7.05 Å². The van der Waals surface area contributed by atoms with Gasteiger partial charge in [-0.1, -0.05) is 0 Å². The summed E-state index contributed by atoms with van der Waals surface area (Å²) in [6, 6.07) is 2.53. The molecular weight excluding hydrogens is 293 g/mol. The molecule has 0 aliphatic heterocycles. The fourth-order valence-electron chi connectivity index (χ4n) is 1.48. The fraction of sp³-hybridized carbons (Fsp3) is 0.273. The summed E-state index contributed by atoms with van der Waals surface area (Å²) in [5, 5.41) is 12.0. The molecule has 9 heteroatoms. The first-order valence-corrected chi connectivity index (χ1v) is 6.47. The van der Waals surface area contributed by atoms with Crippen LogP contribution in [0.3, 0.4) is 0 Å². The van der Waals surface area contributed by atoms with Gasteiger partial charge in [-0.15, -0.1) is 0 Å². The second-order valence-electron chi connectivity index (χ2n) is 3.97. The molecular formula is C11H11F3N4OS. The average Bonchev–Trinajstić information content (AvgIpc) is 2.96. The minimum atomic E-state index is -4.44. The highest BCUT2D eigenvalue weighted by molar-refractivity contribution is 7.08. The summed E-state index contributed by atoms with van der Waals surface area (Å²) in [6.07, 6.45) is -4.44. The van der Waals surface area contributed by atoms with E-state index in [1.807, 2.05) is 16.8 Å². The Hall–Kier alpha value is -2.03. The van der Waals surface area contributed by atoms with Crippen molar-refractivity contribution >= 4 is 23.2 Å². The van der Waals surface area contributed by atoms with E-state index in [0.29, 0.717) is 11.5 Å². The predicted molar refractivity (Wildman–Crippen MR) is 69.6 cm³/mol. The number of carbonyl (C=O) groups is 1. The van der Waals surface area contributed by atoms with Crippen LogP contribution >= 0.6 is 11.3 Å². The number of amides is 2. The standard InChI is InChI=1S/C11H11F3N4OS/c1-18-9(16-10(19)15-6-11(12,13)14)4-8(17-18)7-2-3-20-5-7/h2-5H,6H2,1H3,(H2,15,16,19). The van der Waals surface area contributed by atoms with Crippen molar-refractivity contribution in [2.45, 2.75) is 6.18 Å². The molecule has 0 radical (unpaired) electrons. The molecule has 2 aromatic heterocycles. The highest BCUT2D eigenvalue weighted by Crippen LogP contribution is 2.23. The normalized spacial score (nSPS) is 11.4. The summed E-state index contributed by atoms with van der Waals surface area (Å²) in [4.78, 5) is 11.3. The maximum absolute atomic E-state index is 12.0. The van der Waals surface area contributed by atoms with Crippen molar-refractivity contribution in [1.82, 2.24) is 15.1 Å². The number of hydrogen-bond acceptors (Lipinski definition) is 3. The lowest BCUT2D eigenvalue weighted by molar-refractivity contribution is -0.122. The van der Waals surface area contributed by atoms with Crippen LogP contribution in [0.15, 0.2) is 22.9 Å². The van der Waals surface area contributed by atoms with Crippen LogP contribution in [0.1, 0.15) is 0 Å². The largest absolute Gasteiger partial charge is 0.405 e. The summed E-state index contributed by atoms with van der Waals surface area (Å²) in [7, 11) is 1.59. The van der Waals surface area contributed by atoms with Crippen LogP contribution in [-0.4, -0.2) is 28.5 Å². The van der Waals surface area contributed by atoms with Gasteiger partial charge in [0.1, 0.15) is 12.4 Å². The monoisotopic (exact) mass is 304 g/mol. The molecule has 2 heterocycles. The summed E-state index contributed by atoms with van der Waals surface area (Å²) in [5.74, 6) is 0.311. The van der Waals surface area contributed by atoms with E-state index in [4.69, 9.17) is 0 Å². The molecule has 20 heavy (non-hydrogen) atoms. The number of carbonyl (C=O) groups excluding carboxylic acids is 1. The van der Waals surface area contributed by atoms with Gasteiger partial charge in [-0.2, -0.15) is 29.6 Å². The van der Waals surface area contributed by atoms with Gasteiger partial charge in [0.25, 0.3) is 0 Å². The molecule has 2 aromatic rings. The van der Waals surface area contributed by atoms with Crippen LogP contribution in [0, 0.1) is 0 Å². The zero-order chi connectivity index (χ0) is 14.8. The third-order valence-electron chi connectivity index (χ3n) is 2.39. The zero-order valence-electron chi connectivity index (χ0n) is 10.4. The highest BCUT2D eigenvalue weighted by Gasteiger charge is 2.27. The third kappa shape index (κ3) is 3.73. The fourth-order valence-corrected chi connectivity index (χ4v) is 2.13. The molecule has 0 unspecified atom stereocenters. The molecule has 0 spiro atoms. The van der Waals surface area contributed by atoms with Gasteiger partial charge in [-0.25, -0.2) is 4.79 Å². The number of alkyl halides is 3. The first-order chi connectivity index (χ1) is 9.35. The predicted octanol–water partition coefficient (Wildman–Crippen LogP) is 2.83. The van der Waals surface area contributed by atoms with Gasteiger partial charge in [0.2, 0.25) is 0 Å². The number of urea groups is 1. The molecule has 0 saturated heterocycles. The van der Waals surface area contributed by atoms with Crippen molar-refractivity contribution in [3.63, 3.8) is 0 Å². The number of thiophene rings is 1. The third-order valence-corrected chi connectivity index (χ3v) is 3.07. The Morgan fingerprint density at radius 1 is 1.50 bits per heavy atom. The number of nitrogens with one attached hydrogen (secondary N) is 2. The number of rotatable bonds is 3. The summed E-state index contributed by atoms with van der Waals surface area (Å²) in [5.41, 5.74) is 1.52. The number of anilines is 1. The quantitative estimate of drug-likeness (QED) is 0.916. The number of aromatic nitrogens is 2.